The molecule has 41 nitrogen and oxygen atoms in total. The van der Waals surface area contributed by atoms with E-state index in [0.29, 0.717) is 6.42 Å². The molecule has 1 aromatic rings. The molecule has 0 aliphatic rings. The standard InChI is InChI=1S/C63H105N19O22S2/c1-9-31(8)50(62(102)74-36(15-18-46(89)90)55(95)78-40(25-105)58(98)81-49(30(6)7)63(103)104)82-59(99)41(26-106)77-53(93)34(12-10-11-19-64)72-54(94)35(14-17-45(87)88)73-60(100)47(28(2)3)80-61(101)48(29(4)5)79-56(96)37(20-32-22-68-27-70-32)76-57(97)39(24-83)71-44(86)23-69-52(92)38(21-43(67)85)75-51(91)33(65)13-16-42(66)84/h22,27-31,33-41,47-50,83,105-106H,9-21,23-26,64-65H2,1-8H3,(H2,66,84)(H2,67,85)(H,68,70)(H,69,92)(H,71,86)(H,72,94)(H,73,100)(H,74,102)(H,75,91)(H,76,97)(H,77,93)(H,78,95)(H,79,96)(H,80,101)(H,81,98)(H,82,99)(H,87,88)(H,89,90)(H,103,104)/t31-,33-,34-,35-,36-,37-,38-,39-,40-,41-,47-,48-,49-,50-/m0/s1. The maximum Gasteiger partial charge on any atom is 0.326 e. The quantitative estimate of drug-likeness (QED) is 0.0213. The number of amides is 15. The number of aromatic nitrogens is 2. The summed E-state index contributed by atoms with van der Waals surface area (Å²) < 4.78 is 0. The van der Waals surface area contributed by atoms with E-state index >= 15 is 0 Å². The number of thiol groups is 2. The number of unbranched alkanes of at least 4 members (excludes halogenated alkanes) is 1. The van der Waals surface area contributed by atoms with E-state index in [1.54, 1.807) is 13.8 Å². The summed E-state index contributed by atoms with van der Waals surface area (Å²) in [5.74, 6) is -23.2. The molecule has 1 rings (SSSR count). The average molecular weight is 1540 g/mol. The second-order valence-electron chi connectivity index (χ2n) is 25.9. The molecular weight excluding hydrogens is 1440 g/mol. The largest absolute Gasteiger partial charge is 0.481 e. The van der Waals surface area contributed by atoms with Gasteiger partial charge in [0.2, 0.25) is 88.6 Å². The Bertz CT molecular complexity index is 3200. The van der Waals surface area contributed by atoms with E-state index in [-0.39, 0.29) is 56.5 Å². The van der Waals surface area contributed by atoms with E-state index in [1.807, 2.05) is 0 Å². The van der Waals surface area contributed by atoms with Crippen molar-refractivity contribution in [2.24, 2.45) is 46.6 Å². The SMILES string of the molecule is CC[C@H](C)[C@H](NC(=O)[C@H](CS)NC(=O)[C@H](CCCCN)NC(=O)[C@H](CCC(=O)O)NC(=O)[C@@H](NC(=O)[C@@H](NC(=O)[C@H](Cc1c[nH]cn1)NC(=O)[C@H](CO)NC(=O)CNC(=O)[C@H](CC(N)=O)NC(=O)[C@@H](N)CCC(N)=O)C(C)C)C(C)C)C(=O)N[C@@H](CCC(=O)O)C(=O)N[C@@H](CS)C(=O)N[C@H](C(=O)O)C(C)C. The van der Waals surface area contributed by atoms with Crippen molar-refractivity contribution in [3.05, 3.63) is 18.2 Å². The molecule has 0 fully saturated rings. The Morgan fingerprint density at radius 2 is 0.868 bits per heavy atom. The Morgan fingerprint density at radius 1 is 0.462 bits per heavy atom. The lowest BCUT2D eigenvalue weighted by Gasteiger charge is -2.30. The van der Waals surface area contributed by atoms with Crippen LogP contribution in [0, 0.1) is 23.7 Å². The first-order valence-corrected chi connectivity index (χ1v) is 35.3. The maximum atomic E-state index is 14.3. The number of aliphatic carboxylic acids is 3. The fourth-order valence-corrected chi connectivity index (χ4v) is 10.3. The molecule has 14 atom stereocenters. The molecule has 15 amide bonds. The monoisotopic (exact) mass is 1540 g/mol. The molecule has 0 bridgehead atoms. The van der Waals surface area contributed by atoms with Crippen LogP contribution >= 0.6 is 25.3 Å². The molecule has 0 unspecified atom stereocenters. The van der Waals surface area contributed by atoms with Crippen LogP contribution in [0.3, 0.4) is 0 Å². The lowest BCUT2D eigenvalue weighted by molar-refractivity contribution is -0.143. The predicted molar refractivity (Wildman–Crippen MR) is 382 cm³/mol. The molecule has 596 valence electrons. The minimum Gasteiger partial charge on any atom is -0.481 e. The summed E-state index contributed by atoms with van der Waals surface area (Å²) in [6.07, 6.45) is -1.01. The van der Waals surface area contributed by atoms with E-state index in [9.17, 15) is 107 Å². The fourth-order valence-electron chi connectivity index (χ4n) is 9.79. The number of hydrogen-bond donors (Lipinski definition) is 24. The first-order chi connectivity index (χ1) is 49.7. The first kappa shape index (κ1) is 94.3. The number of rotatable bonds is 52. The molecule has 0 saturated carbocycles. The molecule has 26 N–H and O–H groups in total. The second-order valence-corrected chi connectivity index (χ2v) is 26.6. The van der Waals surface area contributed by atoms with Gasteiger partial charge < -0.3 is 117 Å². The van der Waals surface area contributed by atoms with Crippen LogP contribution in [0.4, 0.5) is 0 Å². The lowest BCUT2D eigenvalue weighted by atomic mass is 9.97. The van der Waals surface area contributed by atoms with Crippen molar-refractivity contribution in [1.29, 1.82) is 0 Å². The van der Waals surface area contributed by atoms with Crippen LogP contribution < -0.4 is 92.1 Å². The molecule has 0 radical (unpaired) electrons. The second kappa shape index (κ2) is 48.4. The van der Waals surface area contributed by atoms with Crippen LogP contribution in [0.5, 0.6) is 0 Å². The number of aromatic amines is 1. The van der Waals surface area contributed by atoms with Gasteiger partial charge >= 0.3 is 17.9 Å². The van der Waals surface area contributed by atoms with E-state index in [0.717, 1.165) is 0 Å². The Labute approximate surface area is 622 Å². The summed E-state index contributed by atoms with van der Waals surface area (Å²) in [5, 5.41) is 70.1. The number of hydrogen-bond acceptors (Lipinski definition) is 24. The predicted octanol–water partition coefficient (Wildman–Crippen LogP) is -7.84. The molecular formula is C63H105N19O22S2. The summed E-state index contributed by atoms with van der Waals surface area (Å²) in [5.41, 5.74) is 22.0. The van der Waals surface area contributed by atoms with Crippen molar-refractivity contribution in [3.63, 3.8) is 0 Å². The molecule has 0 aliphatic heterocycles. The minimum absolute atomic E-state index is 0.122. The zero-order valence-electron chi connectivity index (χ0n) is 60.3. The highest BCUT2D eigenvalue weighted by Crippen LogP contribution is 2.15. The number of carbonyl (C=O) groups excluding carboxylic acids is 15. The zero-order valence-corrected chi connectivity index (χ0v) is 62.1. The van der Waals surface area contributed by atoms with Crippen LogP contribution in [0.2, 0.25) is 0 Å². The van der Waals surface area contributed by atoms with Crippen molar-refractivity contribution in [2.45, 2.75) is 211 Å². The normalized spacial score (nSPS) is 15.1. The molecule has 0 spiro atoms. The number of primary amides is 2. The number of nitrogens with two attached hydrogens (primary N) is 4. The minimum atomic E-state index is -1.81. The summed E-state index contributed by atoms with van der Waals surface area (Å²) >= 11 is 8.36. The molecule has 0 aliphatic carbocycles. The van der Waals surface area contributed by atoms with Gasteiger partial charge in [0, 0.05) is 43.4 Å². The smallest absolute Gasteiger partial charge is 0.326 e. The van der Waals surface area contributed by atoms with E-state index < -0.39 is 260 Å². The number of carboxylic acids is 3. The van der Waals surface area contributed by atoms with Crippen molar-refractivity contribution in [2.75, 3.05) is 31.2 Å². The zero-order chi connectivity index (χ0) is 80.8. The van der Waals surface area contributed by atoms with Crippen LogP contribution in [-0.4, -0.2) is 247 Å². The average Bonchev–Trinajstić information content (AvgIpc) is 0.854. The highest BCUT2D eigenvalue weighted by Gasteiger charge is 2.39. The Morgan fingerprint density at radius 3 is 1.29 bits per heavy atom. The lowest BCUT2D eigenvalue weighted by Crippen LogP contribution is -2.62. The Hall–Kier alpha value is -9.75. The van der Waals surface area contributed by atoms with Gasteiger partial charge in [-0.25, -0.2) is 9.78 Å². The summed E-state index contributed by atoms with van der Waals surface area (Å²) in [6, 6.07) is -20.3. The summed E-state index contributed by atoms with van der Waals surface area (Å²) in [4.78, 5) is 244. The van der Waals surface area contributed by atoms with E-state index in [4.69, 9.17) is 22.9 Å². The van der Waals surface area contributed by atoms with E-state index in [2.05, 4.69) is 104 Å². The van der Waals surface area contributed by atoms with Gasteiger partial charge in [0.15, 0.2) is 0 Å². The molecule has 0 saturated heterocycles. The number of H-pyrrole nitrogens is 1. The number of carbonyl (C=O) groups is 18. The van der Waals surface area contributed by atoms with Gasteiger partial charge in [-0.1, -0.05) is 61.8 Å². The third-order valence-corrected chi connectivity index (χ3v) is 17.0. The number of aliphatic hydroxyl groups excluding tert-OH is 1. The van der Waals surface area contributed by atoms with Gasteiger partial charge in [-0.15, -0.1) is 0 Å². The van der Waals surface area contributed by atoms with Gasteiger partial charge in [-0.3, -0.25) is 81.5 Å². The number of nitrogens with one attached hydrogen (secondary N) is 14. The molecule has 43 heteroatoms. The van der Waals surface area contributed by atoms with Gasteiger partial charge in [-0.2, -0.15) is 25.3 Å². The Balaban J connectivity index is 3.49. The number of carboxylic acid groups (broad SMARTS) is 3. The molecule has 0 aromatic carbocycles. The first-order valence-electron chi connectivity index (χ1n) is 34.1. The van der Waals surface area contributed by atoms with Crippen molar-refractivity contribution < 1.29 is 107 Å². The summed E-state index contributed by atoms with van der Waals surface area (Å²) in [7, 11) is 0. The van der Waals surface area contributed by atoms with Crippen LogP contribution in [0.15, 0.2) is 12.5 Å². The Kier molecular flexibility index (Phi) is 43.0. The van der Waals surface area contributed by atoms with Crippen molar-refractivity contribution in [1.82, 2.24) is 79.1 Å². The molecule has 1 heterocycles. The molecule has 106 heavy (non-hydrogen) atoms. The third kappa shape index (κ3) is 34.4. The van der Waals surface area contributed by atoms with Crippen molar-refractivity contribution in [3.8, 4) is 0 Å². The highest BCUT2D eigenvalue weighted by atomic mass is 32.1. The topological polar surface area (TPSA) is 677 Å². The van der Waals surface area contributed by atoms with Crippen LogP contribution in [0.1, 0.15) is 132 Å². The van der Waals surface area contributed by atoms with Gasteiger partial charge in [-0.05, 0) is 68.7 Å². The third-order valence-electron chi connectivity index (χ3n) is 16.2. The number of aliphatic hydroxyl groups is 1. The van der Waals surface area contributed by atoms with Crippen LogP contribution in [0.25, 0.3) is 0 Å². The summed E-state index contributed by atoms with van der Waals surface area (Å²) in [6.45, 7) is 10.4. The highest BCUT2D eigenvalue weighted by molar-refractivity contribution is 7.80. The van der Waals surface area contributed by atoms with Gasteiger partial charge in [0.05, 0.1) is 37.6 Å². The fraction of sp³-hybridized carbons (Fsp3) is 0.667. The van der Waals surface area contributed by atoms with Gasteiger partial charge in [0.25, 0.3) is 0 Å². The number of nitrogens with zero attached hydrogens (tertiary/aromatic N) is 1. The van der Waals surface area contributed by atoms with Gasteiger partial charge in [0.1, 0.15) is 72.5 Å². The maximum absolute atomic E-state index is 14.3. The van der Waals surface area contributed by atoms with Crippen LogP contribution in [-0.2, 0) is 92.7 Å². The number of imidazole rings is 1. The van der Waals surface area contributed by atoms with Crippen molar-refractivity contribution >= 4 is 132 Å². The van der Waals surface area contributed by atoms with E-state index in [1.165, 1.54) is 54.1 Å². The molecule has 1 aromatic heterocycles.